The maximum absolute atomic E-state index is 11.1. The highest BCUT2D eigenvalue weighted by molar-refractivity contribution is 6.30. The van der Waals surface area contributed by atoms with Crippen molar-refractivity contribution in [3.8, 4) is 0 Å². The maximum Gasteiger partial charge on any atom is 0.328 e. The van der Waals surface area contributed by atoms with E-state index in [1.807, 2.05) is 0 Å². The van der Waals surface area contributed by atoms with Crippen LogP contribution in [-0.4, -0.2) is 14.7 Å². The Labute approximate surface area is 72.2 Å². The first-order valence-corrected chi connectivity index (χ1v) is 3.54. The van der Waals surface area contributed by atoms with Gasteiger partial charge in [-0.2, -0.15) is 0 Å². The zero-order valence-corrected chi connectivity index (χ0v) is 7.05. The first-order valence-electron chi connectivity index (χ1n) is 3.16. The van der Waals surface area contributed by atoms with E-state index in [0.717, 1.165) is 4.57 Å². The van der Waals surface area contributed by atoms with Gasteiger partial charge in [0.1, 0.15) is 5.02 Å². The van der Waals surface area contributed by atoms with Crippen molar-refractivity contribution in [2.24, 2.45) is 7.05 Å². The summed E-state index contributed by atoms with van der Waals surface area (Å²) in [5.74, 6) is 0. The third-order valence-electron chi connectivity index (χ3n) is 1.48. The number of nitrogens with zero attached hydrogens (tertiary/aromatic N) is 1. The molecule has 0 radical (unpaired) electrons. The van der Waals surface area contributed by atoms with Gasteiger partial charge < -0.3 is 10.1 Å². The minimum Gasteiger partial charge on any atom is -0.390 e. The predicted molar refractivity (Wildman–Crippen MR) is 43.2 cm³/mol. The van der Waals surface area contributed by atoms with E-state index in [2.05, 4.69) is 4.98 Å². The van der Waals surface area contributed by atoms with E-state index in [4.69, 9.17) is 16.7 Å². The molecular formula is C6H7ClN2O3. The molecule has 5 nitrogen and oxygen atoms in total. The van der Waals surface area contributed by atoms with Gasteiger partial charge in [0.15, 0.2) is 0 Å². The van der Waals surface area contributed by atoms with Crippen molar-refractivity contribution < 1.29 is 5.11 Å². The van der Waals surface area contributed by atoms with Gasteiger partial charge in [0.2, 0.25) is 0 Å². The van der Waals surface area contributed by atoms with Gasteiger partial charge in [0.25, 0.3) is 5.56 Å². The number of H-pyrrole nitrogens is 1. The second-order valence-corrected chi connectivity index (χ2v) is 2.62. The lowest BCUT2D eigenvalue weighted by molar-refractivity contribution is 0.275. The highest BCUT2D eigenvalue weighted by Gasteiger charge is 2.07. The number of halogens is 1. The summed E-state index contributed by atoms with van der Waals surface area (Å²) < 4.78 is 0.835. The highest BCUT2D eigenvalue weighted by atomic mass is 35.5. The molecule has 1 rings (SSSR count). The number of aromatic amines is 1. The molecule has 0 aliphatic rings. The quantitative estimate of drug-likeness (QED) is 0.610. The van der Waals surface area contributed by atoms with Crippen molar-refractivity contribution in [2.45, 2.75) is 6.61 Å². The van der Waals surface area contributed by atoms with Crippen LogP contribution in [0.25, 0.3) is 0 Å². The van der Waals surface area contributed by atoms with E-state index in [1.54, 1.807) is 0 Å². The average Bonchev–Trinajstić information content (AvgIpc) is 2.08. The molecule has 0 unspecified atom stereocenters. The summed E-state index contributed by atoms with van der Waals surface area (Å²) in [5.41, 5.74) is -1.15. The van der Waals surface area contributed by atoms with Crippen LogP contribution in [0, 0.1) is 0 Å². The van der Waals surface area contributed by atoms with E-state index in [-0.39, 0.29) is 10.7 Å². The molecule has 0 atom stereocenters. The van der Waals surface area contributed by atoms with Crippen LogP contribution in [0.3, 0.4) is 0 Å². The second-order valence-electron chi connectivity index (χ2n) is 2.24. The molecule has 0 saturated heterocycles. The van der Waals surface area contributed by atoms with Crippen LogP contribution in [0.5, 0.6) is 0 Å². The number of aliphatic hydroxyl groups excluding tert-OH is 1. The van der Waals surface area contributed by atoms with Gasteiger partial charge in [-0.3, -0.25) is 9.36 Å². The Hall–Kier alpha value is -1.07. The molecule has 1 aromatic rings. The normalized spacial score (nSPS) is 10.2. The van der Waals surface area contributed by atoms with E-state index in [1.165, 1.54) is 7.05 Å². The molecule has 0 amide bonds. The second kappa shape index (κ2) is 3.12. The lowest BCUT2D eigenvalue weighted by Crippen LogP contribution is -2.34. The molecule has 0 spiro atoms. The summed E-state index contributed by atoms with van der Waals surface area (Å²) in [4.78, 5) is 24.2. The van der Waals surface area contributed by atoms with Gasteiger partial charge in [0, 0.05) is 7.05 Å². The number of aromatic nitrogens is 2. The van der Waals surface area contributed by atoms with Gasteiger partial charge in [0.05, 0.1) is 12.3 Å². The summed E-state index contributed by atoms with van der Waals surface area (Å²) in [6.07, 6.45) is 0. The number of rotatable bonds is 1. The molecule has 1 aromatic heterocycles. The zero-order chi connectivity index (χ0) is 9.30. The predicted octanol–water partition coefficient (Wildman–Crippen LogP) is -0.781. The molecule has 0 bridgehead atoms. The fourth-order valence-electron chi connectivity index (χ4n) is 0.745. The summed E-state index contributed by atoms with van der Waals surface area (Å²) in [7, 11) is 1.30. The van der Waals surface area contributed by atoms with Crippen LogP contribution in [0.2, 0.25) is 5.02 Å². The highest BCUT2D eigenvalue weighted by Crippen LogP contribution is 2.03. The molecular weight excluding hydrogens is 184 g/mol. The lowest BCUT2D eigenvalue weighted by Gasteiger charge is -2.00. The van der Waals surface area contributed by atoms with Gasteiger partial charge in [-0.15, -0.1) is 0 Å². The molecule has 1 heterocycles. The van der Waals surface area contributed by atoms with Crippen LogP contribution in [0.4, 0.5) is 0 Å². The fraction of sp³-hybridized carbons (Fsp3) is 0.333. The molecule has 66 valence electrons. The number of hydrogen-bond donors (Lipinski definition) is 2. The Morgan fingerprint density at radius 2 is 2.17 bits per heavy atom. The monoisotopic (exact) mass is 190 g/mol. The summed E-state index contributed by atoms with van der Waals surface area (Å²) >= 11 is 5.51. The molecule has 0 saturated carbocycles. The van der Waals surface area contributed by atoms with Crippen molar-refractivity contribution in [1.82, 2.24) is 9.55 Å². The summed E-state index contributed by atoms with van der Waals surface area (Å²) in [5, 5.41) is 8.50. The third-order valence-corrected chi connectivity index (χ3v) is 1.87. The standard InChI is InChI=1S/C6H7ClN2O3/c1-9-5(11)4(7)3(2-10)8-6(9)12/h10H,2H2,1H3,(H,8,12). The Morgan fingerprint density at radius 3 is 2.67 bits per heavy atom. The summed E-state index contributed by atoms with van der Waals surface area (Å²) in [6, 6.07) is 0. The molecule has 0 fully saturated rings. The topological polar surface area (TPSA) is 75.1 Å². The summed E-state index contributed by atoms with van der Waals surface area (Å²) in [6.45, 7) is -0.454. The lowest BCUT2D eigenvalue weighted by atomic mass is 10.4. The molecule has 0 aliphatic carbocycles. The van der Waals surface area contributed by atoms with Crippen molar-refractivity contribution in [3.05, 3.63) is 31.6 Å². The first kappa shape index (κ1) is 9.02. The van der Waals surface area contributed by atoms with E-state index >= 15 is 0 Å². The van der Waals surface area contributed by atoms with Gasteiger partial charge in [-0.25, -0.2) is 4.79 Å². The smallest absolute Gasteiger partial charge is 0.328 e. The molecule has 2 N–H and O–H groups in total. The maximum atomic E-state index is 11.1. The van der Waals surface area contributed by atoms with Gasteiger partial charge in [-0.05, 0) is 0 Å². The van der Waals surface area contributed by atoms with Gasteiger partial charge >= 0.3 is 5.69 Å². The molecule has 0 aliphatic heterocycles. The Balaban J connectivity index is 3.61. The Kier molecular flexibility index (Phi) is 2.35. The fourth-order valence-corrected chi connectivity index (χ4v) is 0.979. The van der Waals surface area contributed by atoms with Crippen LogP contribution in [0.15, 0.2) is 9.59 Å². The minimum atomic E-state index is -0.607. The number of aliphatic hydroxyl groups is 1. The first-order chi connectivity index (χ1) is 5.57. The van der Waals surface area contributed by atoms with Crippen molar-refractivity contribution in [3.63, 3.8) is 0 Å². The van der Waals surface area contributed by atoms with Crippen LogP contribution < -0.4 is 11.2 Å². The minimum absolute atomic E-state index is 0.0461. The molecule has 12 heavy (non-hydrogen) atoms. The SMILES string of the molecule is Cn1c(=O)[nH]c(CO)c(Cl)c1=O. The molecule has 0 aromatic carbocycles. The van der Waals surface area contributed by atoms with Crippen LogP contribution in [-0.2, 0) is 13.7 Å². The zero-order valence-electron chi connectivity index (χ0n) is 6.30. The van der Waals surface area contributed by atoms with E-state index in [9.17, 15) is 9.59 Å². The van der Waals surface area contributed by atoms with Gasteiger partial charge in [-0.1, -0.05) is 11.6 Å². The Bertz CT molecular complexity index is 406. The number of nitrogens with one attached hydrogen (secondary N) is 1. The average molecular weight is 191 g/mol. The third kappa shape index (κ3) is 1.28. The van der Waals surface area contributed by atoms with E-state index < -0.39 is 17.9 Å². The number of hydrogen-bond acceptors (Lipinski definition) is 3. The van der Waals surface area contributed by atoms with Crippen molar-refractivity contribution in [2.75, 3.05) is 0 Å². The van der Waals surface area contributed by atoms with Crippen molar-refractivity contribution >= 4 is 11.6 Å². The largest absolute Gasteiger partial charge is 0.390 e. The van der Waals surface area contributed by atoms with Crippen LogP contribution >= 0.6 is 11.6 Å². The Morgan fingerprint density at radius 1 is 1.58 bits per heavy atom. The van der Waals surface area contributed by atoms with E-state index in [0.29, 0.717) is 0 Å². The van der Waals surface area contributed by atoms with Crippen LogP contribution in [0.1, 0.15) is 5.69 Å². The van der Waals surface area contributed by atoms with Crippen molar-refractivity contribution in [1.29, 1.82) is 0 Å². The molecule has 6 heteroatoms.